The van der Waals surface area contributed by atoms with Crippen LogP contribution in [0.5, 0.6) is 11.5 Å². The summed E-state index contributed by atoms with van der Waals surface area (Å²) >= 11 is 0. The first-order valence-electron chi connectivity index (χ1n) is 8.89. The van der Waals surface area contributed by atoms with Gasteiger partial charge in [-0.05, 0) is 37.6 Å². The number of carbonyl (C=O) groups is 3. The Morgan fingerprint density at radius 2 is 1.90 bits per heavy atom. The lowest BCUT2D eigenvalue weighted by Crippen LogP contribution is -2.19. The van der Waals surface area contributed by atoms with E-state index in [0.29, 0.717) is 30.3 Å². The second-order valence-electron chi connectivity index (χ2n) is 6.05. The standard InChI is InChI=1S/C20H20N2O7/c1-3-26-20(25)16-11(2)29-19(17(16)18(21)24)22-15(23)7-5-12-4-6-13-14(10-12)28-9-8-27-13/h4-7,10H,3,8-9H2,1-2H3,(H2,21,24)(H,22,23)/b7-5-. The Morgan fingerprint density at radius 3 is 2.59 bits per heavy atom. The number of aryl methyl sites for hydroxylation is 1. The molecule has 0 saturated heterocycles. The summed E-state index contributed by atoms with van der Waals surface area (Å²) in [6, 6.07) is 5.25. The first-order valence-corrected chi connectivity index (χ1v) is 8.89. The molecule has 0 bridgehead atoms. The number of anilines is 1. The van der Waals surface area contributed by atoms with Gasteiger partial charge in [-0.1, -0.05) is 6.07 Å². The minimum atomic E-state index is -0.920. The van der Waals surface area contributed by atoms with Gasteiger partial charge in [0.2, 0.25) is 5.88 Å². The number of fused-ring (bicyclic) bond motifs is 1. The summed E-state index contributed by atoms with van der Waals surface area (Å²) in [5.74, 6) is -1.12. The number of furan rings is 1. The minimum absolute atomic E-state index is 0.106. The van der Waals surface area contributed by atoms with Crippen molar-refractivity contribution in [2.24, 2.45) is 5.73 Å². The largest absolute Gasteiger partial charge is 0.486 e. The first kappa shape index (κ1) is 20.0. The Morgan fingerprint density at radius 1 is 1.17 bits per heavy atom. The molecule has 2 aromatic rings. The Bertz CT molecular complexity index is 991. The van der Waals surface area contributed by atoms with Crippen LogP contribution in [0, 0.1) is 6.92 Å². The molecule has 1 aliphatic heterocycles. The number of hydrogen-bond donors (Lipinski definition) is 2. The smallest absolute Gasteiger partial charge is 0.342 e. The molecular formula is C20H20N2O7. The molecule has 0 aliphatic carbocycles. The van der Waals surface area contributed by atoms with E-state index in [0.717, 1.165) is 0 Å². The molecule has 2 amide bonds. The number of hydrogen-bond acceptors (Lipinski definition) is 7. The molecule has 9 heteroatoms. The van der Waals surface area contributed by atoms with Gasteiger partial charge in [0.25, 0.3) is 11.8 Å². The molecule has 3 rings (SSSR count). The second kappa shape index (κ2) is 8.51. The molecule has 1 aliphatic rings. The summed E-state index contributed by atoms with van der Waals surface area (Å²) in [7, 11) is 0. The lowest BCUT2D eigenvalue weighted by atomic mass is 10.1. The molecule has 152 valence electrons. The third-order valence-electron chi connectivity index (χ3n) is 4.04. The van der Waals surface area contributed by atoms with Crippen LogP contribution in [-0.2, 0) is 9.53 Å². The molecule has 0 unspecified atom stereocenters. The van der Waals surface area contributed by atoms with Crippen LogP contribution in [0.2, 0.25) is 0 Å². The normalized spacial score (nSPS) is 12.6. The average molecular weight is 400 g/mol. The van der Waals surface area contributed by atoms with Crippen molar-refractivity contribution < 1.29 is 33.0 Å². The number of benzene rings is 1. The zero-order valence-electron chi connectivity index (χ0n) is 15.9. The average Bonchev–Trinajstić information content (AvgIpc) is 3.02. The molecular weight excluding hydrogens is 380 g/mol. The SMILES string of the molecule is CCOC(=O)c1c(C)oc(NC(=O)/C=C\c2ccc3c(c2)OCCO3)c1C(N)=O. The van der Waals surface area contributed by atoms with E-state index in [9.17, 15) is 14.4 Å². The van der Waals surface area contributed by atoms with E-state index in [1.54, 1.807) is 31.2 Å². The summed E-state index contributed by atoms with van der Waals surface area (Å²) in [5, 5.41) is 2.43. The number of nitrogens with one attached hydrogen (secondary N) is 1. The van der Waals surface area contributed by atoms with Gasteiger partial charge in [-0.3, -0.25) is 14.9 Å². The number of ether oxygens (including phenoxy) is 3. The van der Waals surface area contributed by atoms with Gasteiger partial charge in [0.15, 0.2) is 11.5 Å². The van der Waals surface area contributed by atoms with Crippen molar-refractivity contribution in [3.8, 4) is 11.5 Å². The fourth-order valence-corrected chi connectivity index (χ4v) is 2.81. The first-order chi connectivity index (χ1) is 13.9. The van der Waals surface area contributed by atoms with Crippen LogP contribution in [-0.4, -0.2) is 37.6 Å². The van der Waals surface area contributed by atoms with Crippen molar-refractivity contribution in [3.63, 3.8) is 0 Å². The molecule has 0 saturated carbocycles. The molecule has 0 spiro atoms. The van der Waals surface area contributed by atoms with E-state index in [1.165, 1.54) is 13.0 Å². The highest BCUT2D eigenvalue weighted by atomic mass is 16.6. The van der Waals surface area contributed by atoms with E-state index in [-0.39, 0.29) is 29.4 Å². The second-order valence-corrected chi connectivity index (χ2v) is 6.05. The number of rotatable bonds is 6. The highest BCUT2D eigenvalue weighted by Crippen LogP contribution is 2.31. The maximum Gasteiger partial charge on any atom is 0.342 e. The summed E-state index contributed by atoms with van der Waals surface area (Å²) < 4.78 is 21.2. The molecule has 2 heterocycles. The van der Waals surface area contributed by atoms with Crippen molar-refractivity contribution in [2.45, 2.75) is 13.8 Å². The van der Waals surface area contributed by atoms with E-state index in [4.69, 9.17) is 24.4 Å². The quantitative estimate of drug-likeness (QED) is 0.562. The summed E-state index contributed by atoms with van der Waals surface area (Å²) in [4.78, 5) is 36.2. The Labute approximate surface area is 166 Å². The van der Waals surface area contributed by atoms with E-state index < -0.39 is 17.8 Å². The molecule has 0 radical (unpaired) electrons. The summed E-state index contributed by atoms with van der Waals surface area (Å²) in [5.41, 5.74) is 5.74. The van der Waals surface area contributed by atoms with Crippen LogP contribution in [0.4, 0.5) is 5.88 Å². The Balaban J connectivity index is 1.78. The number of nitrogens with two attached hydrogens (primary N) is 1. The number of esters is 1. The van der Waals surface area contributed by atoms with Crippen LogP contribution >= 0.6 is 0 Å². The maximum absolute atomic E-state index is 12.3. The van der Waals surface area contributed by atoms with Gasteiger partial charge in [-0.2, -0.15) is 0 Å². The predicted molar refractivity (Wildman–Crippen MR) is 103 cm³/mol. The van der Waals surface area contributed by atoms with E-state index >= 15 is 0 Å². The van der Waals surface area contributed by atoms with Gasteiger partial charge in [0, 0.05) is 6.08 Å². The van der Waals surface area contributed by atoms with Crippen molar-refractivity contribution in [3.05, 3.63) is 46.7 Å². The maximum atomic E-state index is 12.3. The van der Waals surface area contributed by atoms with Crippen molar-refractivity contribution >= 4 is 29.7 Å². The molecule has 0 atom stereocenters. The van der Waals surface area contributed by atoms with Gasteiger partial charge in [-0.15, -0.1) is 0 Å². The zero-order chi connectivity index (χ0) is 21.0. The van der Waals surface area contributed by atoms with Crippen LogP contribution in [0.1, 0.15) is 39.0 Å². The van der Waals surface area contributed by atoms with Gasteiger partial charge in [0.05, 0.1) is 6.61 Å². The summed E-state index contributed by atoms with van der Waals surface area (Å²) in [6.07, 6.45) is 2.80. The van der Waals surface area contributed by atoms with Crippen molar-refractivity contribution in [1.29, 1.82) is 0 Å². The highest BCUT2D eigenvalue weighted by molar-refractivity contribution is 6.12. The van der Waals surface area contributed by atoms with Gasteiger partial charge < -0.3 is 24.4 Å². The Kier molecular flexibility index (Phi) is 5.87. The van der Waals surface area contributed by atoms with Crippen molar-refractivity contribution in [1.82, 2.24) is 0 Å². The number of primary amides is 1. The predicted octanol–water partition coefficient (Wildman–Crippen LogP) is 2.29. The minimum Gasteiger partial charge on any atom is -0.486 e. The topological polar surface area (TPSA) is 130 Å². The zero-order valence-corrected chi connectivity index (χ0v) is 15.9. The van der Waals surface area contributed by atoms with Gasteiger partial charge in [-0.25, -0.2) is 4.79 Å². The van der Waals surface area contributed by atoms with Crippen LogP contribution < -0.4 is 20.5 Å². The summed E-state index contributed by atoms with van der Waals surface area (Å²) in [6.45, 7) is 4.16. The monoisotopic (exact) mass is 400 g/mol. The van der Waals surface area contributed by atoms with Crippen LogP contribution in [0.15, 0.2) is 28.7 Å². The Hall–Kier alpha value is -3.75. The number of carbonyl (C=O) groups excluding carboxylic acids is 3. The third kappa shape index (κ3) is 4.40. The lowest BCUT2D eigenvalue weighted by Gasteiger charge is -2.18. The molecule has 29 heavy (non-hydrogen) atoms. The number of amides is 2. The molecule has 1 aromatic heterocycles. The van der Waals surface area contributed by atoms with Gasteiger partial charge >= 0.3 is 5.97 Å². The van der Waals surface area contributed by atoms with E-state index in [2.05, 4.69) is 5.32 Å². The van der Waals surface area contributed by atoms with E-state index in [1.807, 2.05) is 0 Å². The van der Waals surface area contributed by atoms with Gasteiger partial charge in [0.1, 0.15) is 30.1 Å². The third-order valence-corrected chi connectivity index (χ3v) is 4.04. The highest BCUT2D eigenvalue weighted by Gasteiger charge is 2.28. The molecule has 9 nitrogen and oxygen atoms in total. The van der Waals surface area contributed by atoms with Crippen LogP contribution in [0.25, 0.3) is 6.08 Å². The van der Waals surface area contributed by atoms with Crippen LogP contribution in [0.3, 0.4) is 0 Å². The van der Waals surface area contributed by atoms with Crippen molar-refractivity contribution in [2.75, 3.05) is 25.1 Å². The molecule has 3 N–H and O–H groups in total. The molecule has 1 aromatic carbocycles. The fraction of sp³-hybridized carbons (Fsp3) is 0.250. The lowest BCUT2D eigenvalue weighted by molar-refractivity contribution is -0.111. The molecule has 0 fully saturated rings. The fourth-order valence-electron chi connectivity index (χ4n) is 2.81.